The van der Waals surface area contributed by atoms with Crippen LogP contribution in [-0.4, -0.2) is 23.8 Å². The highest BCUT2D eigenvalue weighted by Crippen LogP contribution is 2.12. The summed E-state index contributed by atoms with van der Waals surface area (Å²) in [6, 6.07) is 0.248. The van der Waals surface area contributed by atoms with Crippen LogP contribution in [0.25, 0.3) is 0 Å². The molecule has 1 heterocycles. The van der Waals surface area contributed by atoms with Gasteiger partial charge in [-0.25, -0.2) is 0 Å². The molecule has 1 fully saturated rings. The topological polar surface area (TPSA) is 32.3 Å². The molecule has 0 aromatic rings. The lowest BCUT2D eigenvalue weighted by atomic mass is 10.1. The summed E-state index contributed by atoms with van der Waals surface area (Å²) in [6.07, 6.45) is 0.682. The first-order valence-corrected chi connectivity index (χ1v) is 3.28. The molecule has 2 nitrogen and oxygen atoms in total. The van der Waals surface area contributed by atoms with Crippen molar-refractivity contribution in [1.82, 2.24) is 5.32 Å². The van der Waals surface area contributed by atoms with Gasteiger partial charge >= 0.3 is 0 Å². The van der Waals surface area contributed by atoms with E-state index in [-0.39, 0.29) is 12.1 Å². The molecule has 0 aliphatic carbocycles. The zero-order valence-electron chi connectivity index (χ0n) is 5.72. The number of aliphatic hydroxyl groups excluding tert-OH is 1. The molecule has 2 atom stereocenters. The molecule has 0 aromatic carbocycles. The van der Waals surface area contributed by atoms with Gasteiger partial charge in [-0.1, -0.05) is 12.2 Å². The Hall–Kier alpha value is -0.340. The monoisotopic (exact) mass is 127 g/mol. The molecule has 0 saturated carbocycles. The first-order valence-electron chi connectivity index (χ1n) is 3.28. The van der Waals surface area contributed by atoms with E-state index in [0.29, 0.717) is 0 Å². The Balaban J connectivity index is 2.39. The molecule has 2 N–H and O–H groups in total. The molecule has 2 heteroatoms. The minimum Gasteiger partial charge on any atom is -0.392 e. The summed E-state index contributed by atoms with van der Waals surface area (Å²) in [7, 11) is 0. The molecule has 1 saturated heterocycles. The quantitative estimate of drug-likeness (QED) is 0.496. The summed E-state index contributed by atoms with van der Waals surface area (Å²) in [5, 5.41) is 12.2. The fourth-order valence-electron chi connectivity index (χ4n) is 1.07. The molecule has 0 unspecified atom stereocenters. The largest absolute Gasteiger partial charge is 0.392 e. The predicted octanol–water partition coefficient (Wildman–Crippen LogP) is 0.285. The summed E-state index contributed by atoms with van der Waals surface area (Å²) in [4.78, 5) is 0. The zero-order chi connectivity index (χ0) is 6.85. The van der Waals surface area contributed by atoms with Gasteiger partial charge in [-0.3, -0.25) is 0 Å². The highest BCUT2D eigenvalue weighted by Gasteiger charge is 2.20. The van der Waals surface area contributed by atoms with Crippen LogP contribution in [0, 0.1) is 0 Å². The first-order chi connectivity index (χ1) is 4.20. The lowest BCUT2D eigenvalue weighted by Gasteiger charge is -2.11. The van der Waals surface area contributed by atoms with Crippen molar-refractivity contribution in [1.29, 1.82) is 0 Å². The Morgan fingerprint density at radius 1 is 1.89 bits per heavy atom. The van der Waals surface area contributed by atoms with Crippen LogP contribution in [0.4, 0.5) is 0 Å². The highest BCUT2D eigenvalue weighted by molar-refractivity contribution is 5.07. The van der Waals surface area contributed by atoms with Gasteiger partial charge in [0.2, 0.25) is 0 Å². The lowest BCUT2D eigenvalue weighted by Crippen LogP contribution is -2.32. The fraction of sp³-hybridized carbons (Fsp3) is 0.714. The molecule has 0 amide bonds. The second-order valence-electron chi connectivity index (χ2n) is 2.68. The number of hydrogen-bond donors (Lipinski definition) is 2. The maximum absolute atomic E-state index is 9.07. The third-order valence-electron chi connectivity index (χ3n) is 1.71. The van der Waals surface area contributed by atoms with Crippen LogP contribution in [0.5, 0.6) is 0 Å². The normalized spacial score (nSPS) is 30.9. The van der Waals surface area contributed by atoms with Crippen molar-refractivity contribution in [3.63, 3.8) is 0 Å². The van der Waals surface area contributed by atoms with Crippen molar-refractivity contribution in [3.8, 4) is 0 Å². The van der Waals surface area contributed by atoms with Crippen molar-refractivity contribution in [3.05, 3.63) is 12.2 Å². The van der Waals surface area contributed by atoms with Crippen molar-refractivity contribution < 1.29 is 5.11 Å². The van der Waals surface area contributed by atoms with E-state index in [4.69, 9.17) is 5.11 Å². The second-order valence-corrected chi connectivity index (χ2v) is 2.68. The van der Waals surface area contributed by atoms with Gasteiger partial charge in [0.05, 0.1) is 6.10 Å². The van der Waals surface area contributed by atoms with Crippen LogP contribution in [0.3, 0.4) is 0 Å². The maximum atomic E-state index is 9.07. The third kappa shape index (κ3) is 1.53. The molecule has 52 valence electrons. The summed E-state index contributed by atoms with van der Waals surface area (Å²) < 4.78 is 0. The van der Waals surface area contributed by atoms with Gasteiger partial charge in [0.15, 0.2) is 0 Å². The van der Waals surface area contributed by atoms with Gasteiger partial charge in [0, 0.05) is 12.6 Å². The molecule has 1 aliphatic rings. The van der Waals surface area contributed by atoms with Gasteiger partial charge in [-0.05, 0) is 13.3 Å². The summed E-state index contributed by atoms with van der Waals surface area (Å²) >= 11 is 0. The van der Waals surface area contributed by atoms with Crippen molar-refractivity contribution in [2.24, 2.45) is 0 Å². The van der Waals surface area contributed by atoms with Gasteiger partial charge in [0.1, 0.15) is 0 Å². The minimum atomic E-state index is -0.246. The Morgan fingerprint density at radius 2 is 2.56 bits per heavy atom. The Morgan fingerprint density at radius 3 is 2.78 bits per heavy atom. The second kappa shape index (κ2) is 2.50. The SMILES string of the molecule is C=C1CN[C@H]([C@@H](C)O)C1. The zero-order valence-corrected chi connectivity index (χ0v) is 5.72. The Labute approximate surface area is 55.6 Å². The number of hydrogen-bond acceptors (Lipinski definition) is 2. The molecule has 0 spiro atoms. The van der Waals surface area contributed by atoms with E-state index in [1.807, 2.05) is 0 Å². The van der Waals surface area contributed by atoms with Crippen molar-refractivity contribution in [2.45, 2.75) is 25.5 Å². The number of aliphatic hydroxyl groups is 1. The fourth-order valence-corrected chi connectivity index (χ4v) is 1.07. The van der Waals surface area contributed by atoms with Gasteiger partial charge < -0.3 is 10.4 Å². The van der Waals surface area contributed by atoms with Crippen molar-refractivity contribution in [2.75, 3.05) is 6.54 Å². The Bertz CT molecular complexity index is 120. The summed E-state index contributed by atoms with van der Waals surface area (Å²) in [5.74, 6) is 0. The van der Waals surface area contributed by atoms with Crippen LogP contribution >= 0.6 is 0 Å². The van der Waals surface area contributed by atoms with E-state index in [9.17, 15) is 0 Å². The molecule has 1 aliphatic heterocycles. The van der Waals surface area contributed by atoms with Crippen LogP contribution < -0.4 is 5.32 Å². The van der Waals surface area contributed by atoms with E-state index < -0.39 is 0 Å². The van der Waals surface area contributed by atoms with E-state index in [1.54, 1.807) is 6.92 Å². The highest BCUT2D eigenvalue weighted by atomic mass is 16.3. The van der Waals surface area contributed by atoms with Crippen LogP contribution in [0.15, 0.2) is 12.2 Å². The predicted molar refractivity (Wildman–Crippen MR) is 37.2 cm³/mol. The van der Waals surface area contributed by atoms with Crippen molar-refractivity contribution >= 4 is 0 Å². The molecule has 9 heavy (non-hydrogen) atoms. The average Bonchev–Trinajstić information content (AvgIpc) is 2.14. The number of nitrogens with one attached hydrogen (secondary N) is 1. The van der Waals surface area contributed by atoms with E-state index in [0.717, 1.165) is 13.0 Å². The van der Waals surface area contributed by atoms with E-state index in [1.165, 1.54) is 5.57 Å². The molecule has 0 aromatic heterocycles. The number of rotatable bonds is 1. The smallest absolute Gasteiger partial charge is 0.0668 e. The molecule has 0 bridgehead atoms. The Kier molecular flexibility index (Phi) is 1.88. The van der Waals surface area contributed by atoms with E-state index in [2.05, 4.69) is 11.9 Å². The van der Waals surface area contributed by atoms with Crippen LogP contribution in [0.1, 0.15) is 13.3 Å². The molecular formula is C7H13NO. The van der Waals surface area contributed by atoms with E-state index >= 15 is 0 Å². The van der Waals surface area contributed by atoms with Gasteiger partial charge in [-0.15, -0.1) is 0 Å². The average molecular weight is 127 g/mol. The van der Waals surface area contributed by atoms with Crippen LogP contribution in [0.2, 0.25) is 0 Å². The standard InChI is InChI=1S/C7H13NO/c1-5-3-7(6(2)9)8-4-5/h6-9H,1,3-4H2,2H3/t6-,7+/m1/s1. The first kappa shape index (κ1) is 6.78. The summed E-state index contributed by atoms with van der Waals surface area (Å²) in [5.41, 5.74) is 1.20. The molecular weight excluding hydrogens is 114 g/mol. The summed E-state index contributed by atoms with van der Waals surface area (Å²) in [6.45, 7) is 6.49. The van der Waals surface area contributed by atoms with Crippen LogP contribution in [-0.2, 0) is 0 Å². The third-order valence-corrected chi connectivity index (χ3v) is 1.71. The molecule has 1 rings (SSSR count). The molecule has 0 radical (unpaired) electrons. The maximum Gasteiger partial charge on any atom is 0.0668 e. The van der Waals surface area contributed by atoms with Gasteiger partial charge in [0.25, 0.3) is 0 Å². The lowest BCUT2D eigenvalue weighted by molar-refractivity contribution is 0.155. The minimum absolute atomic E-state index is 0.246. The van der Waals surface area contributed by atoms with Gasteiger partial charge in [-0.2, -0.15) is 0 Å².